The quantitative estimate of drug-likeness (QED) is 0.663. The van der Waals surface area contributed by atoms with Crippen molar-refractivity contribution in [3.63, 3.8) is 0 Å². The third-order valence-electron chi connectivity index (χ3n) is 4.86. The van der Waals surface area contributed by atoms with E-state index in [2.05, 4.69) is 47.1 Å². The molecule has 2 aliphatic rings. The first-order valence-corrected chi connectivity index (χ1v) is 9.75. The van der Waals surface area contributed by atoms with Crippen LogP contribution in [0.5, 0.6) is 0 Å². The van der Waals surface area contributed by atoms with E-state index < -0.39 is 0 Å². The first-order chi connectivity index (χ1) is 12.8. The van der Waals surface area contributed by atoms with Gasteiger partial charge in [0.2, 0.25) is 0 Å². The van der Waals surface area contributed by atoms with Gasteiger partial charge in [0.15, 0.2) is 5.17 Å². The van der Waals surface area contributed by atoms with Crippen LogP contribution >= 0.6 is 11.8 Å². The summed E-state index contributed by atoms with van der Waals surface area (Å²) in [5.41, 5.74) is 2.08. The number of benzene rings is 1. The van der Waals surface area contributed by atoms with Gasteiger partial charge < -0.3 is 9.32 Å². The average molecular weight is 361 g/mol. The minimum Gasteiger partial charge on any atom is -0.459 e. The fourth-order valence-corrected chi connectivity index (χ4v) is 4.79. The van der Waals surface area contributed by atoms with Gasteiger partial charge in [-0.1, -0.05) is 55.1 Å². The molecule has 2 aliphatic heterocycles. The van der Waals surface area contributed by atoms with Gasteiger partial charge in [-0.25, -0.2) is 4.99 Å². The van der Waals surface area contributed by atoms with Gasteiger partial charge in [0, 0.05) is 23.6 Å². The molecule has 2 aromatic heterocycles. The highest BCUT2D eigenvalue weighted by atomic mass is 32.2. The monoisotopic (exact) mass is 361 g/mol. The summed E-state index contributed by atoms with van der Waals surface area (Å²) < 4.78 is 6.30. The Hall–Kier alpha value is -2.53. The predicted octanol–water partition coefficient (Wildman–Crippen LogP) is 4.93. The van der Waals surface area contributed by atoms with Gasteiger partial charge in [-0.3, -0.25) is 4.98 Å². The van der Waals surface area contributed by atoms with Crippen LogP contribution in [0.25, 0.3) is 11.3 Å². The van der Waals surface area contributed by atoms with Crippen molar-refractivity contribution in [1.29, 1.82) is 0 Å². The van der Waals surface area contributed by atoms with E-state index in [1.165, 1.54) is 0 Å². The third-order valence-corrected chi connectivity index (χ3v) is 5.96. The van der Waals surface area contributed by atoms with E-state index in [1.807, 2.05) is 48.3 Å². The van der Waals surface area contributed by atoms with Crippen molar-refractivity contribution in [2.45, 2.75) is 24.3 Å². The summed E-state index contributed by atoms with van der Waals surface area (Å²) >= 11 is 1.84. The van der Waals surface area contributed by atoms with Crippen molar-refractivity contribution >= 4 is 16.9 Å². The number of aromatic nitrogens is 1. The highest BCUT2D eigenvalue weighted by molar-refractivity contribution is 8.14. The molecule has 0 N–H and O–H groups in total. The van der Waals surface area contributed by atoms with Crippen LogP contribution in [-0.2, 0) is 0 Å². The summed E-state index contributed by atoms with van der Waals surface area (Å²) in [6.07, 6.45) is 1.84. The Morgan fingerprint density at radius 1 is 1.04 bits per heavy atom. The number of rotatable bonds is 3. The number of amidine groups is 1. The van der Waals surface area contributed by atoms with Crippen molar-refractivity contribution in [2.24, 2.45) is 4.99 Å². The molecule has 1 saturated heterocycles. The number of hydrogen-bond donors (Lipinski definition) is 0. The molecule has 4 heterocycles. The van der Waals surface area contributed by atoms with Crippen molar-refractivity contribution in [3.8, 4) is 11.3 Å². The second-order valence-electron chi connectivity index (χ2n) is 6.70. The van der Waals surface area contributed by atoms with E-state index in [0.717, 1.165) is 34.5 Å². The molecular weight excluding hydrogens is 342 g/mol. The summed E-state index contributed by atoms with van der Waals surface area (Å²) in [5.74, 6) is 1.85. The van der Waals surface area contributed by atoms with Crippen LogP contribution in [0.1, 0.15) is 30.5 Å². The number of fused-ring (bicyclic) bond motifs is 1. The van der Waals surface area contributed by atoms with Gasteiger partial charge in [-0.05, 0) is 24.3 Å². The van der Waals surface area contributed by atoms with Gasteiger partial charge in [0.1, 0.15) is 23.6 Å². The zero-order valence-electron chi connectivity index (χ0n) is 14.4. The predicted molar refractivity (Wildman–Crippen MR) is 105 cm³/mol. The van der Waals surface area contributed by atoms with Crippen LogP contribution < -0.4 is 0 Å². The lowest BCUT2D eigenvalue weighted by molar-refractivity contribution is 0.277. The van der Waals surface area contributed by atoms with E-state index in [0.29, 0.717) is 5.25 Å². The average Bonchev–Trinajstić information content (AvgIpc) is 3.37. The van der Waals surface area contributed by atoms with Gasteiger partial charge in [-0.15, -0.1) is 0 Å². The second-order valence-corrected chi connectivity index (χ2v) is 8.11. The Morgan fingerprint density at radius 3 is 2.69 bits per heavy atom. The molecule has 0 amide bonds. The van der Waals surface area contributed by atoms with Crippen LogP contribution in [0.4, 0.5) is 0 Å². The molecule has 26 heavy (non-hydrogen) atoms. The number of hydrogen-bond acceptors (Lipinski definition) is 5. The standard InChI is InChI=1S/C21H19N3OS/c1-14-13-24-20(18-11-10-17(25-18)15-7-3-2-4-8-15)19(23-21(24)26-14)16-9-5-6-12-22-16/h2-12,14,19-20H,13H2,1H3/t14-,19+,20-/m1/s1. The largest absolute Gasteiger partial charge is 0.459 e. The minimum atomic E-state index is -0.0269. The molecule has 5 rings (SSSR count). The number of furan rings is 1. The Bertz CT molecular complexity index is 938. The number of aliphatic imine (C=N–C) groups is 1. The fourth-order valence-electron chi connectivity index (χ4n) is 3.69. The minimum absolute atomic E-state index is 0.0269. The molecule has 0 radical (unpaired) electrons. The van der Waals surface area contributed by atoms with E-state index in [-0.39, 0.29) is 12.1 Å². The van der Waals surface area contributed by atoms with E-state index in [4.69, 9.17) is 9.41 Å². The molecule has 3 atom stereocenters. The molecule has 1 aromatic carbocycles. The zero-order chi connectivity index (χ0) is 17.5. The fraction of sp³-hybridized carbons (Fsp3) is 0.238. The van der Waals surface area contributed by atoms with Crippen LogP contribution in [0.15, 0.2) is 76.3 Å². The molecule has 4 nitrogen and oxygen atoms in total. The van der Waals surface area contributed by atoms with Crippen LogP contribution in [0, 0.1) is 0 Å². The Labute approximate surface area is 157 Å². The smallest absolute Gasteiger partial charge is 0.161 e. The van der Waals surface area contributed by atoms with Gasteiger partial charge >= 0.3 is 0 Å². The first kappa shape index (κ1) is 15.7. The normalized spacial score (nSPS) is 24.6. The summed E-state index contributed by atoms with van der Waals surface area (Å²) in [4.78, 5) is 11.9. The number of nitrogens with zero attached hydrogens (tertiary/aromatic N) is 3. The first-order valence-electron chi connectivity index (χ1n) is 8.87. The molecule has 0 bridgehead atoms. The number of pyridine rings is 1. The molecular formula is C21H19N3OS. The summed E-state index contributed by atoms with van der Waals surface area (Å²) in [6.45, 7) is 3.23. The highest BCUT2D eigenvalue weighted by Crippen LogP contribution is 2.48. The van der Waals surface area contributed by atoms with Crippen molar-refractivity contribution in [3.05, 3.63) is 78.3 Å². The summed E-state index contributed by atoms with van der Waals surface area (Å²) in [6, 6.07) is 20.4. The molecule has 0 unspecified atom stereocenters. The van der Waals surface area contributed by atoms with Crippen molar-refractivity contribution in [1.82, 2.24) is 9.88 Å². The SMILES string of the molecule is C[C@@H]1CN2C(=N[C@@H](c3ccccn3)[C@H]2c2ccc(-c3ccccc3)o2)S1. The molecule has 3 aromatic rings. The van der Waals surface area contributed by atoms with Gasteiger partial charge in [-0.2, -0.15) is 0 Å². The van der Waals surface area contributed by atoms with Crippen molar-refractivity contribution in [2.75, 3.05) is 6.54 Å². The molecule has 0 aliphatic carbocycles. The molecule has 5 heteroatoms. The van der Waals surface area contributed by atoms with Crippen LogP contribution in [0.3, 0.4) is 0 Å². The highest BCUT2D eigenvalue weighted by Gasteiger charge is 2.45. The van der Waals surface area contributed by atoms with Crippen molar-refractivity contribution < 1.29 is 4.42 Å². The maximum absolute atomic E-state index is 6.30. The van der Waals surface area contributed by atoms with Crippen LogP contribution in [0.2, 0.25) is 0 Å². The summed E-state index contributed by atoms with van der Waals surface area (Å²) in [5, 5.41) is 1.65. The van der Waals surface area contributed by atoms with E-state index in [1.54, 1.807) is 0 Å². The Balaban J connectivity index is 1.54. The second kappa shape index (κ2) is 6.32. The Morgan fingerprint density at radius 2 is 1.88 bits per heavy atom. The molecule has 0 saturated carbocycles. The molecule has 0 spiro atoms. The topological polar surface area (TPSA) is 41.6 Å². The lowest BCUT2D eigenvalue weighted by Gasteiger charge is -2.25. The molecule has 130 valence electrons. The lowest BCUT2D eigenvalue weighted by Crippen LogP contribution is -2.28. The maximum atomic E-state index is 6.30. The Kier molecular flexibility index (Phi) is 3.82. The summed E-state index contributed by atoms with van der Waals surface area (Å²) in [7, 11) is 0. The van der Waals surface area contributed by atoms with Crippen LogP contribution in [-0.4, -0.2) is 26.8 Å². The lowest BCUT2D eigenvalue weighted by atomic mass is 10.0. The third kappa shape index (κ3) is 2.63. The van der Waals surface area contributed by atoms with E-state index >= 15 is 0 Å². The zero-order valence-corrected chi connectivity index (χ0v) is 15.3. The molecule has 1 fully saturated rings. The van der Waals surface area contributed by atoms with Gasteiger partial charge in [0.05, 0.1) is 5.69 Å². The number of thioether (sulfide) groups is 1. The van der Waals surface area contributed by atoms with Gasteiger partial charge in [0.25, 0.3) is 0 Å². The van der Waals surface area contributed by atoms with E-state index in [9.17, 15) is 0 Å². The maximum Gasteiger partial charge on any atom is 0.161 e.